The summed E-state index contributed by atoms with van der Waals surface area (Å²) >= 11 is 0. The summed E-state index contributed by atoms with van der Waals surface area (Å²) in [4.78, 5) is 2.84. The number of likely N-dealkylation sites (tertiary alicyclic amines) is 1. The summed E-state index contributed by atoms with van der Waals surface area (Å²) in [5.41, 5.74) is 0.758. The first-order valence-corrected chi connectivity index (χ1v) is 8.93. The molecule has 0 unspecified atom stereocenters. The molecule has 0 radical (unpaired) electrons. The molecule has 0 aromatic rings. The predicted molar refractivity (Wildman–Crippen MR) is 80.1 cm³/mol. The van der Waals surface area contributed by atoms with Crippen LogP contribution in [0.2, 0.25) is 0 Å². The Kier molecular flexibility index (Phi) is 3.17. The van der Waals surface area contributed by atoms with E-state index in [1.165, 1.54) is 32.5 Å². The summed E-state index contributed by atoms with van der Waals surface area (Å²) in [5.74, 6) is 4.31. The molecule has 0 N–H and O–H groups in total. The lowest BCUT2D eigenvalue weighted by atomic mass is 9.58. The topological polar surface area (TPSA) is 3.24 Å². The van der Waals surface area contributed by atoms with Crippen LogP contribution in [-0.2, 0) is 0 Å². The Labute approximate surface area is 119 Å². The van der Waals surface area contributed by atoms with Gasteiger partial charge in [0.2, 0.25) is 0 Å². The van der Waals surface area contributed by atoms with E-state index < -0.39 is 0 Å². The van der Waals surface area contributed by atoms with Gasteiger partial charge in [0, 0.05) is 6.54 Å². The lowest BCUT2D eigenvalue weighted by molar-refractivity contribution is -0.00374. The average Bonchev–Trinajstić information content (AvgIpc) is 2.58. The molecule has 4 bridgehead atoms. The highest BCUT2D eigenvalue weighted by molar-refractivity contribution is 5.00. The first-order valence-electron chi connectivity index (χ1n) is 8.93. The van der Waals surface area contributed by atoms with Crippen LogP contribution in [0.5, 0.6) is 0 Å². The summed E-state index contributed by atoms with van der Waals surface area (Å²) < 4.78 is 0. The molecule has 1 nitrogen and oxygen atoms in total. The first kappa shape index (κ1) is 12.7. The summed E-state index contributed by atoms with van der Waals surface area (Å²) in [6.45, 7) is 6.68. The van der Waals surface area contributed by atoms with Gasteiger partial charge in [0.05, 0.1) is 0 Å². The number of rotatable bonds is 2. The van der Waals surface area contributed by atoms with Gasteiger partial charge in [-0.05, 0) is 87.1 Å². The second-order valence-electron chi connectivity index (χ2n) is 8.72. The molecular formula is C18H31N. The second kappa shape index (κ2) is 4.76. The molecule has 0 spiro atoms. The van der Waals surface area contributed by atoms with Crippen molar-refractivity contribution in [3.63, 3.8) is 0 Å². The molecule has 19 heavy (non-hydrogen) atoms. The van der Waals surface area contributed by atoms with Crippen molar-refractivity contribution in [1.82, 2.24) is 4.90 Å². The van der Waals surface area contributed by atoms with Crippen LogP contribution >= 0.6 is 0 Å². The molecule has 1 aliphatic heterocycles. The quantitative estimate of drug-likeness (QED) is 0.715. The Morgan fingerprint density at radius 3 is 2.05 bits per heavy atom. The van der Waals surface area contributed by atoms with Gasteiger partial charge < -0.3 is 4.90 Å². The molecule has 108 valence electrons. The van der Waals surface area contributed by atoms with Gasteiger partial charge >= 0.3 is 0 Å². The van der Waals surface area contributed by atoms with Crippen molar-refractivity contribution in [1.29, 1.82) is 0 Å². The number of hydrogen-bond acceptors (Lipinski definition) is 1. The van der Waals surface area contributed by atoms with Crippen molar-refractivity contribution in [2.24, 2.45) is 29.1 Å². The van der Waals surface area contributed by atoms with E-state index >= 15 is 0 Å². The minimum atomic E-state index is 0.758. The van der Waals surface area contributed by atoms with Crippen molar-refractivity contribution in [2.45, 2.75) is 64.7 Å². The van der Waals surface area contributed by atoms with E-state index in [1.807, 2.05) is 0 Å². The van der Waals surface area contributed by atoms with Crippen LogP contribution in [0.3, 0.4) is 0 Å². The second-order valence-corrected chi connectivity index (χ2v) is 8.72. The molecule has 5 rings (SSSR count). The predicted octanol–water partition coefficient (Wildman–Crippen LogP) is 4.32. The van der Waals surface area contributed by atoms with Crippen LogP contribution in [0.15, 0.2) is 0 Å². The molecule has 0 amide bonds. The van der Waals surface area contributed by atoms with E-state index in [0.29, 0.717) is 0 Å². The van der Waals surface area contributed by atoms with E-state index in [9.17, 15) is 0 Å². The molecular weight excluding hydrogens is 230 g/mol. The molecule has 5 fully saturated rings. The fourth-order valence-electron chi connectivity index (χ4n) is 6.26. The van der Waals surface area contributed by atoms with Crippen LogP contribution in [-0.4, -0.2) is 24.5 Å². The average molecular weight is 261 g/mol. The molecule has 2 atom stereocenters. The molecule has 1 heterocycles. The Morgan fingerprint density at radius 1 is 0.842 bits per heavy atom. The third kappa shape index (κ3) is 2.48. The zero-order valence-electron chi connectivity index (χ0n) is 12.7. The molecule has 1 saturated heterocycles. The number of piperidine rings is 1. The molecule has 5 aliphatic rings. The maximum Gasteiger partial charge on any atom is 0.00383 e. The van der Waals surface area contributed by atoms with Crippen molar-refractivity contribution in [3.05, 3.63) is 0 Å². The highest BCUT2D eigenvalue weighted by Crippen LogP contribution is 2.58. The Morgan fingerprint density at radius 2 is 1.42 bits per heavy atom. The number of nitrogens with zero attached hydrogens (tertiary/aromatic N) is 1. The fraction of sp³-hybridized carbons (Fsp3) is 1.00. The zero-order chi connectivity index (χ0) is 12.9. The Hall–Kier alpha value is -0.0400. The molecule has 1 heteroatoms. The standard InChI is InChI=1S/C18H31N/c1-14-4-6-19(7-5-14)13-18-10-15-2-3-16(11-18)9-17(8-15)12-18/h14-17H,2-13H2,1H3/t15-,16-,17?,18?/m0/s1. The largest absolute Gasteiger partial charge is 0.303 e. The molecule has 4 aliphatic carbocycles. The van der Waals surface area contributed by atoms with Crippen molar-refractivity contribution >= 4 is 0 Å². The highest BCUT2D eigenvalue weighted by Gasteiger charge is 2.48. The summed E-state index contributed by atoms with van der Waals surface area (Å²) in [6, 6.07) is 0. The minimum Gasteiger partial charge on any atom is -0.303 e. The van der Waals surface area contributed by atoms with Gasteiger partial charge in [-0.2, -0.15) is 0 Å². The van der Waals surface area contributed by atoms with Gasteiger partial charge in [0.1, 0.15) is 0 Å². The molecule has 0 aromatic heterocycles. The highest BCUT2D eigenvalue weighted by atomic mass is 15.1. The monoisotopic (exact) mass is 261 g/mol. The minimum absolute atomic E-state index is 0.758. The van der Waals surface area contributed by atoms with E-state index in [2.05, 4.69) is 11.8 Å². The number of fused-ring (bicyclic) bond motifs is 1. The molecule has 4 saturated carbocycles. The van der Waals surface area contributed by atoms with Gasteiger partial charge in [-0.15, -0.1) is 0 Å². The van der Waals surface area contributed by atoms with E-state index in [1.54, 1.807) is 44.9 Å². The third-order valence-corrected chi connectivity index (χ3v) is 6.92. The zero-order valence-corrected chi connectivity index (χ0v) is 12.7. The SMILES string of the molecule is CC1CCN(CC23CC4C[C@H](CC[C@@H](C4)C2)C3)CC1. The van der Waals surface area contributed by atoms with Gasteiger partial charge in [-0.1, -0.05) is 19.8 Å². The van der Waals surface area contributed by atoms with Crippen LogP contribution in [0.1, 0.15) is 64.7 Å². The molecule has 0 aromatic carbocycles. The van der Waals surface area contributed by atoms with Crippen LogP contribution in [0.25, 0.3) is 0 Å². The van der Waals surface area contributed by atoms with Crippen molar-refractivity contribution in [3.8, 4) is 0 Å². The Bertz CT molecular complexity index is 313. The van der Waals surface area contributed by atoms with E-state index in [-0.39, 0.29) is 0 Å². The lowest BCUT2D eigenvalue weighted by Crippen LogP contribution is -2.47. The summed E-state index contributed by atoms with van der Waals surface area (Å²) in [5, 5.41) is 0. The van der Waals surface area contributed by atoms with Gasteiger partial charge in [0.25, 0.3) is 0 Å². The van der Waals surface area contributed by atoms with Crippen LogP contribution in [0, 0.1) is 29.1 Å². The van der Waals surface area contributed by atoms with Crippen LogP contribution < -0.4 is 0 Å². The van der Waals surface area contributed by atoms with Gasteiger partial charge in [-0.25, -0.2) is 0 Å². The first-order chi connectivity index (χ1) is 9.21. The summed E-state index contributed by atoms with van der Waals surface area (Å²) in [7, 11) is 0. The Balaban J connectivity index is 1.47. The normalized spacial score (nSPS) is 47.5. The van der Waals surface area contributed by atoms with E-state index in [4.69, 9.17) is 0 Å². The fourth-order valence-corrected chi connectivity index (χ4v) is 6.26. The maximum absolute atomic E-state index is 2.84. The van der Waals surface area contributed by atoms with Crippen LogP contribution in [0.4, 0.5) is 0 Å². The number of hydrogen-bond donors (Lipinski definition) is 0. The maximum atomic E-state index is 2.84. The van der Waals surface area contributed by atoms with Crippen molar-refractivity contribution in [2.75, 3.05) is 19.6 Å². The van der Waals surface area contributed by atoms with E-state index in [0.717, 1.165) is 29.1 Å². The van der Waals surface area contributed by atoms with Gasteiger partial charge in [0.15, 0.2) is 0 Å². The van der Waals surface area contributed by atoms with Crippen molar-refractivity contribution < 1.29 is 0 Å². The lowest BCUT2D eigenvalue weighted by Gasteiger charge is -2.51. The third-order valence-electron chi connectivity index (χ3n) is 6.92. The summed E-state index contributed by atoms with van der Waals surface area (Å²) in [6.07, 6.45) is 14.0. The smallest absolute Gasteiger partial charge is 0.00383 e. The van der Waals surface area contributed by atoms with Gasteiger partial charge in [-0.3, -0.25) is 0 Å².